The molecule has 0 heterocycles. The van der Waals surface area contributed by atoms with Crippen LogP contribution in [0.1, 0.15) is 24.9 Å². The first-order valence-corrected chi connectivity index (χ1v) is 7.76. The van der Waals surface area contributed by atoms with E-state index < -0.39 is 11.6 Å². The molecule has 0 saturated heterocycles. The van der Waals surface area contributed by atoms with E-state index in [1.807, 2.05) is 31.2 Å². The fraction of sp³-hybridized carbons (Fsp3) is 0.200. The molecule has 1 nitrogen and oxygen atoms in total. The number of anilines is 1. The third-order valence-electron chi connectivity index (χ3n) is 3.00. The van der Waals surface area contributed by atoms with Crippen LogP contribution in [0.5, 0.6) is 0 Å². The van der Waals surface area contributed by atoms with Gasteiger partial charge in [-0.1, -0.05) is 35.0 Å². The Kier molecular flexibility index (Phi) is 5.16. The van der Waals surface area contributed by atoms with E-state index in [0.29, 0.717) is 0 Å². The monoisotopic (exact) mass is 403 g/mol. The van der Waals surface area contributed by atoms with Gasteiger partial charge < -0.3 is 5.32 Å². The lowest BCUT2D eigenvalue weighted by Gasteiger charge is -2.19. The van der Waals surface area contributed by atoms with Crippen molar-refractivity contribution in [3.63, 3.8) is 0 Å². The van der Waals surface area contributed by atoms with Crippen molar-refractivity contribution < 1.29 is 8.78 Å². The van der Waals surface area contributed by atoms with Crippen molar-refractivity contribution >= 4 is 37.5 Å². The van der Waals surface area contributed by atoms with Gasteiger partial charge in [0.25, 0.3) is 0 Å². The van der Waals surface area contributed by atoms with Crippen molar-refractivity contribution in [3.05, 3.63) is 62.5 Å². The molecule has 0 aliphatic heterocycles. The van der Waals surface area contributed by atoms with E-state index >= 15 is 0 Å². The number of rotatable bonds is 4. The molecule has 2 aromatic rings. The summed E-state index contributed by atoms with van der Waals surface area (Å²) in [5.74, 6) is -0.968. The van der Waals surface area contributed by atoms with Gasteiger partial charge in [-0.05, 0) is 46.1 Å². The molecule has 106 valence electrons. The van der Waals surface area contributed by atoms with E-state index in [1.165, 1.54) is 6.07 Å². The summed E-state index contributed by atoms with van der Waals surface area (Å²) < 4.78 is 28.5. The van der Waals surface area contributed by atoms with Crippen LogP contribution in [0.25, 0.3) is 0 Å². The predicted molar refractivity (Wildman–Crippen MR) is 84.9 cm³/mol. The lowest BCUT2D eigenvalue weighted by Crippen LogP contribution is -2.11. The van der Waals surface area contributed by atoms with E-state index in [-0.39, 0.29) is 16.2 Å². The summed E-state index contributed by atoms with van der Waals surface area (Å²) >= 11 is 6.38. The standard InChI is InChI=1S/C15H13Br2F2N/c1-2-14(9-4-3-5-10(16)6-9)20-15-8-12(18)11(17)7-13(15)19/h3-8,14,20H,2H2,1H3. The molecule has 20 heavy (non-hydrogen) atoms. The van der Waals surface area contributed by atoms with Crippen LogP contribution < -0.4 is 5.32 Å². The van der Waals surface area contributed by atoms with Gasteiger partial charge in [0.2, 0.25) is 0 Å². The number of hydrogen-bond donors (Lipinski definition) is 1. The third kappa shape index (κ3) is 3.58. The topological polar surface area (TPSA) is 12.0 Å². The zero-order valence-corrected chi connectivity index (χ0v) is 13.9. The molecule has 0 fully saturated rings. The summed E-state index contributed by atoms with van der Waals surface area (Å²) in [5.41, 5.74) is 1.18. The van der Waals surface area contributed by atoms with Gasteiger partial charge in [0.1, 0.15) is 11.6 Å². The maximum atomic E-state index is 13.9. The van der Waals surface area contributed by atoms with Crippen LogP contribution in [-0.4, -0.2) is 0 Å². The molecule has 0 spiro atoms. The van der Waals surface area contributed by atoms with Gasteiger partial charge in [0.15, 0.2) is 0 Å². The second-order valence-corrected chi connectivity index (χ2v) is 6.18. The average molecular weight is 405 g/mol. The summed E-state index contributed by atoms with van der Waals surface area (Å²) in [5, 5.41) is 3.05. The molecule has 2 aromatic carbocycles. The fourth-order valence-electron chi connectivity index (χ4n) is 1.97. The van der Waals surface area contributed by atoms with Crippen molar-refractivity contribution in [1.82, 2.24) is 0 Å². The lowest BCUT2D eigenvalue weighted by molar-refractivity contribution is 0.593. The van der Waals surface area contributed by atoms with Crippen molar-refractivity contribution in [2.24, 2.45) is 0 Å². The minimum atomic E-state index is -0.488. The Labute approximate surface area is 133 Å². The van der Waals surface area contributed by atoms with Crippen LogP contribution in [0, 0.1) is 11.6 Å². The fourth-order valence-corrected chi connectivity index (χ4v) is 2.70. The smallest absolute Gasteiger partial charge is 0.147 e. The molecule has 0 aliphatic carbocycles. The molecule has 1 N–H and O–H groups in total. The van der Waals surface area contributed by atoms with Crippen molar-refractivity contribution in [2.75, 3.05) is 5.32 Å². The predicted octanol–water partition coefficient (Wildman–Crippen LogP) is 6.05. The molecule has 0 aliphatic rings. The van der Waals surface area contributed by atoms with Gasteiger partial charge in [0, 0.05) is 10.5 Å². The number of benzene rings is 2. The highest BCUT2D eigenvalue weighted by Gasteiger charge is 2.14. The minimum Gasteiger partial charge on any atom is -0.376 e. The SMILES string of the molecule is CCC(Nc1cc(F)c(Br)cc1F)c1cccc(Br)c1. The van der Waals surface area contributed by atoms with E-state index in [2.05, 4.69) is 37.2 Å². The Morgan fingerprint density at radius 2 is 1.85 bits per heavy atom. The largest absolute Gasteiger partial charge is 0.376 e. The Morgan fingerprint density at radius 1 is 1.10 bits per heavy atom. The van der Waals surface area contributed by atoms with Gasteiger partial charge in [-0.2, -0.15) is 0 Å². The molecular formula is C15H13Br2F2N. The molecule has 0 amide bonds. The minimum absolute atomic E-state index is 0.0809. The van der Waals surface area contributed by atoms with Crippen molar-refractivity contribution in [2.45, 2.75) is 19.4 Å². The molecule has 1 atom stereocenters. The summed E-state index contributed by atoms with van der Waals surface area (Å²) in [6.07, 6.45) is 0.758. The summed E-state index contributed by atoms with van der Waals surface area (Å²) in [4.78, 5) is 0. The van der Waals surface area contributed by atoms with E-state index in [1.54, 1.807) is 0 Å². The quantitative estimate of drug-likeness (QED) is 0.611. The van der Waals surface area contributed by atoms with Crippen LogP contribution in [0.3, 0.4) is 0 Å². The second-order valence-electron chi connectivity index (χ2n) is 4.41. The maximum absolute atomic E-state index is 13.9. The van der Waals surface area contributed by atoms with Crippen molar-refractivity contribution in [3.8, 4) is 0 Å². The Morgan fingerprint density at radius 3 is 2.50 bits per heavy atom. The molecule has 1 unspecified atom stereocenters. The first-order chi connectivity index (χ1) is 9.51. The zero-order valence-electron chi connectivity index (χ0n) is 10.8. The summed E-state index contributed by atoms with van der Waals surface area (Å²) in [7, 11) is 0. The molecule has 0 saturated carbocycles. The highest BCUT2D eigenvalue weighted by Crippen LogP contribution is 2.29. The maximum Gasteiger partial charge on any atom is 0.147 e. The molecule has 0 bridgehead atoms. The molecule has 2 rings (SSSR count). The van der Waals surface area contributed by atoms with Crippen LogP contribution in [-0.2, 0) is 0 Å². The van der Waals surface area contributed by atoms with Crippen LogP contribution in [0.2, 0.25) is 0 Å². The highest BCUT2D eigenvalue weighted by atomic mass is 79.9. The second kappa shape index (κ2) is 6.68. The first-order valence-electron chi connectivity index (χ1n) is 6.17. The number of hydrogen-bond acceptors (Lipinski definition) is 1. The zero-order chi connectivity index (χ0) is 14.7. The highest BCUT2D eigenvalue weighted by molar-refractivity contribution is 9.10. The van der Waals surface area contributed by atoms with Gasteiger partial charge in [-0.3, -0.25) is 0 Å². The molecule has 0 radical (unpaired) electrons. The van der Waals surface area contributed by atoms with Crippen molar-refractivity contribution in [1.29, 1.82) is 0 Å². The Hall–Kier alpha value is -0.940. The van der Waals surface area contributed by atoms with E-state index in [0.717, 1.165) is 22.5 Å². The van der Waals surface area contributed by atoms with Crippen LogP contribution in [0.15, 0.2) is 45.3 Å². The summed E-state index contributed by atoms with van der Waals surface area (Å²) in [6, 6.07) is 9.99. The molecular weight excluding hydrogens is 392 g/mol. The van der Waals surface area contributed by atoms with Gasteiger partial charge in [-0.25, -0.2) is 8.78 Å². The average Bonchev–Trinajstić information content (AvgIpc) is 2.41. The first kappa shape index (κ1) is 15.4. The molecule has 5 heteroatoms. The van der Waals surface area contributed by atoms with Gasteiger partial charge >= 0.3 is 0 Å². The summed E-state index contributed by atoms with van der Waals surface area (Å²) in [6.45, 7) is 1.99. The Balaban J connectivity index is 2.29. The van der Waals surface area contributed by atoms with Gasteiger partial charge in [0.05, 0.1) is 16.2 Å². The normalized spacial score (nSPS) is 12.2. The van der Waals surface area contributed by atoms with E-state index in [4.69, 9.17) is 0 Å². The third-order valence-corrected chi connectivity index (χ3v) is 4.10. The van der Waals surface area contributed by atoms with Gasteiger partial charge in [-0.15, -0.1) is 0 Å². The van der Waals surface area contributed by atoms with E-state index in [9.17, 15) is 8.78 Å². The number of halogens is 4. The Bertz CT molecular complexity index is 617. The molecule has 0 aromatic heterocycles. The van der Waals surface area contributed by atoms with Crippen LogP contribution >= 0.6 is 31.9 Å². The van der Waals surface area contributed by atoms with Crippen LogP contribution in [0.4, 0.5) is 14.5 Å². The number of nitrogens with one attached hydrogen (secondary N) is 1. The lowest BCUT2D eigenvalue weighted by atomic mass is 10.0.